The van der Waals surface area contributed by atoms with Crippen molar-refractivity contribution in [2.75, 3.05) is 0 Å². The van der Waals surface area contributed by atoms with Crippen LogP contribution in [-0.2, 0) is 6.42 Å². The molecule has 0 saturated heterocycles. The second kappa shape index (κ2) is 4.14. The topological polar surface area (TPSA) is 20.2 Å². The van der Waals surface area contributed by atoms with E-state index in [4.69, 9.17) is 0 Å². The summed E-state index contributed by atoms with van der Waals surface area (Å²) in [7, 11) is 0. The lowest BCUT2D eigenvalue weighted by Gasteiger charge is -2.07. The van der Waals surface area contributed by atoms with Crippen molar-refractivity contribution in [2.24, 2.45) is 0 Å². The fourth-order valence-corrected chi connectivity index (χ4v) is 2.87. The molecular weight excluding hydrogens is 320 g/mol. The molecule has 0 unspecified atom stereocenters. The molecule has 0 radical (unpaired) electrons. The zero-order valence-electron chi connectivity index (χ0n) is 8.22. The van der Waals surface area contributed by atoms with Crippen molar-refractivity contribution < 1.29 is 5.11 Å². The average molecular weight is 330 g/mol. The monoisotopic (exact) mass is 328 g/mol. The van der Waals surface area contributed by atoms with Crippen LogP contribution in [0.4, 0.5) is 0 Å². The van der Waals surface area contributed by atoms with E-state index in [9.17, 15) is 5.11 Å². The van der Waals surface area contributed by atoms with Crippen LogP contribution in [0.1, 0.15) is 12.5 Å². The van der Waals surface area contributed by atoms with Crippen molar-refractivity contribution in [3.05, 3.63) is 38.8 Å². The number of aryl methyl sites for hydroxylation is 1. The molecule has 0 bridgehead atoms. The summed E-state index contributed by atoms with van der Waals surface area (Å²) in [6, 6.07) is 8.20. The van der Waals surface area contributed by atoms with Crippen LogP contribution < -0.4 is 0 Å². The highest BCUT2D eigenvalue weighted by atomic mass is 79.9. The Kier molecular flexibility index (Phi) is 3.03. The minimum absolute atomic E-state index is 0.256. The van der Waals surface area contributed by atoms with Crippen molar-refractivity contribution in [1.82, 2.24) is 0 Å². The van der Waals surface area contributed by atoms with E-state index in [0.717, 1.165) is 26.1 Å². The van der Waals surface area contributed by atoms with Gasteiger partial charge in [-0.15, -0.1) is 0 Å². The maximum Gasteiger partial charge on any atom is 0.144 e. The van der Waals surface area contributed by atoms with Gasteiger partial charge in [-0.25, -0.2) is 0 Å². The third kappa shape index (κ3) is 1.91. The molecule has 0 heterocycles. The van der Waals surface area contributed by atoms with Crippen molar-refractivity contribution >= 4 is 42.6 Å². The Morgan fingerprint density at radius 2 is 1.93 bits per heavy atom. The molecule has 0 aliphatic carbocycles. The van der Waals surface area contributed by atoms with E-state index in [2.05, 4.69) is 50.9 Å². The summed E-state index contributed by atoms with van der Waals surface area (Å²) in [6.07, 6.45) is 1.02. The van der Waals surface area contributed by atoms with Crippen molar-refractivity contribution in [3.63, 3.8) is 0 Å². The molecule has 0 aliphatic rings. The summed E-state index contributed by atoms with van der Waals surface area (Å²) in [5, 5.41) is 11.9. The summed E-state index contributed by atoms with van der Waals surface area (Å²) in [5.41, 5.74) is 1.30. The molecule has 0 spiro atoms. The lowest BCUT2D eigenvalue weighted by Crippen LogP contribution is -1.83. The van der Waals surface area contributed by atoms with Crippen LogP contribution in [0.3, 0.4) is 0 Å². The number of phenolic OH excluding ortho intramolecular Hbond substituents is 1. The third-order valence-corrected chi connectivity index (χ3v) is 3.88. The molecule has 1 N–H and O–H groups in total. The molecule has 0 aliphatic heterocycles. The lowest BCUT2D eigenvalue weighted by atomic mass is 10.1. The molecule has 2 aromatic rings. The molecule has 3 heteroatoms. The number of aromatic hydroxyl groups is 1. The quantitative estimate of drug-likeness (QED) is 0.808. The first-order valence-corrected chi connectivity index (χ1v) is 6.31. The summed E-state index contributed by atoms with van der Waals surface area (Å²) in [5.74, 6) is 0.256. The first kappa shape index (κ1) is 11.0. The molecule has 78 valence electrons. The maximum atomic E-state index is 9.74. The highest BCUT2D eigenvalue weighted by Gasteiger charge is 2.08. The van der Waals surface area contributed by atoms with Gasteiger partial charge in [0.05, 0.1) is 8.95 Å². The van der Waals surface area contributed by atoms with Crippen molar-refractivity contribution in [3.8, 4) is 5.75 Å². The summed E-state index contributed by atoms with van der Waals surface area (Å²) in [4.78, 5) is 0. The Bertz CT molecular complexity index is 521. The SMILES string of the molecule is CCc1ccc2c(Br)c(O)c(Br)cc2c1. The highest BCUT2D eigenvalue weighted by molar-refractivity contribution is 9.11. The number of rotatable bonds is 1. The third-order valence-electron chi connectivity index (χ3n) is 2.48. The minimum atomic E-state index is 0.256. The van der Waals surface area contributed by atoms with Gasteiger partial charge in [0.2, 0.25) is 0 Å². The number of benzene rings is 2. The van der Waals surface area contributed by atoms with Crippen molar-refractivity contribution in [2.45, 2.75) is 13.3 Å². The lowest BCUT2D eigenvalue weighted by molar-refractivity contribution is 0.469. The number of hydrogen-bond acceptors (Lipinski definition) is 1. The standard InChI is InChI=1S/C12H10Br2O/c1-2-7-3-4-9-8(5-7)6-10(13)12(15)11(9)14/h3-6,15H,2H2,1H3. The number of phenols is 1. The first-order valence-electron chi connectivity index (χ1n) is 4.73. The van der Waals surface area contributed by atoms with Gasteiger partial charge >= 0.3 is 0 Å². The van der Waals surface area contributed by atoms with Crippen LogP contribution in [0.5, 0.6) is 5.75 Å². The van der Waals surface area contributed by atoms with E-state index in [1.54, 1.807) is 0 Å². The van der Waals surface area contributed by atoms with E-state index in [1.807, 2.05) is 12.1 Å². The summed E-state index contributed by atoms with van der Waals surface area (Å²) in [6.45, 7) is 2.13. The van der Waals surface area contributed by atoms with Crippen LogP contribution in [0.25, 0.3) is 10.8 Å². The number of hydrogen-bond donors (Lipinski definition) is 1. The zero-order valence-corrected chi connectivity index (χ0v) is 11.4. The zero-order chi connectivity index (χ0) is 11.0. The molecule has 0 fully saturated rings. The van der Waals surface area contributed by atoms with E-state index in [1.165, 1.54) is 5.56 Å². The van der Waals surface area contributed by atoms with E-state index in [-0.39, 0.29) is 5.75 Å². The Hall–Kier alpha value is -0.540. The van der Waals surface area contributed by atoms with Gasteiger partial charge < -0.3 is 5.11 Å². The average Bonchev–Trinajstić information content (AvgIpc) is 2.25. The molecule has 0 amide bonds. The van der Waals surface area contributed by atoms with Gasteiger partial charge in [0.25, 0.3) is 0 Å². The van der Waals surface area contributed by atoms with E-state index < -0.39 is 0 Å². The Labute approximate surface area is 105 Å². The molecule has 1 nitrogen and oxygen atoms in total. The Balaban J connectivity index is 2.80. The molecule has 0 atom stereocenters. The van der Waals surface area contributed by atoms with E-state index >= 15 is 0 Å². The molecule has 15 heavy (non-hydrogen) atoms. The molecule has 2 aromatic carbocycles. The van der Waals surface area contributed by atoms with Gasteiger partial charge in [0.15, 0.2) is 0 Å². The van der Waals surface area contributed by atoms with Crippen LogP contribution in [0.2, 0.25) is 0 Å². The van der Waals surface area contributed by atoms with E-state index in [0.29, 0.717) is 0 Å². The molecule has 2 rings (SSSR count). The predicted octanol–water partition coefficient (Wildman–Crippen LogP) is 4.63. The maximum absolute atomic E-state index is 9.74. The largest absolute Gasteiger partial charge is 0.506 e. The van der Waals surface area contributed by atoms with Crippen LogP contribution in [0, 0.1) is 0 Å². The fraction of sp³-hybridized carbons (Fsp3) is 0.167. The van der Waals surface area contributed by atoms with Gasteiger partial charge in [-0.3, -0.25) is 0 Å². The summed E-state index contributed by atoms with van der Waals surface area (Å²) < 4.78 is 1.46. The summed E-state index contributed by atoms with van der Waals surface area (Å²) >= 11 is 6.73. The van der Waals surface area contributed by atoms with Crippen molar-refractivity contribution in [1.29, 1.82) is 0 Å². The van der Waals surface area contributed by atoms with Gasteiger partial charge in [-0.05, 0) is 60.7 Å². The number of halogens is 2. The van der Waals surface area contributed by atoms with Gasteiger partial charge in [0, 0.05) is 0 Å². The van der Waals surface area contributed by atoms with Crippen LogP contribution in [0.15, 0.2) is 33.2 Å². The molecule has 0 aromatic heterocycles. The second-order valence-corrected chi connectivity index (χ2v) is 5.08. The Morgan fingerprint density at radius 1 is 1.20 bits per heavy atom. The predicted molar refractivity (Wildman–Crippen MR) is 70.4 cm³/mol. The van der Waals surface area contributed by atoms with Gasteiger partial charge in [-0.2, -0.15) is 0 Å². The van der Waals surface area contributed by atoms with Gasteiger partial charge in [-0.1, -0.05) is 25.1 Å². The van der Waals surface area contributed by atoms with Gasteiger partial charge in [0.1, 0.15) is 5.75 Å². The molecule has 0 saturated carbocycles. The highest BCUT2D eigenvalue weighted by Crippen LogP contribution is 2.38. The number of fused-ring (bicyclic) bond motifs is 1. The second-order valence-electron chi connectivity index (χ2n) is 3.43. The van der Waals surface area contributed by atoms with Crippen LogP contribution >= 0.6 is 31.9 Å². The molecular formula is C12H10Br2O. The first-order chi connectivity index (χ1) is 7.13. The smallest absolute Gasteiger partial charge is 0.144 e. The minimum Gasteiger partial charge on any atom is -0.506 e. The normalized spacial score (nSPS) is 10.9. The Morgan fingerprint density at radius 3 is 2.60 bits per heavy atom. The van der Waals surface area contributed by atoms with Crippen LogP contribution in [-0.4, -0.2) is 5.11 Å². The fourth-order valence-electron chi connectivity index (χ4n) is 1.59.